The monoisotopic (exact) mass is 373 g/mol. The molecule has 0 N–H and O–H groups in total. The molecule has 1 unspecified atom stereocenters. The molecule has 0 saturated carbocycles. The predicted octanol–water partition coefficient (Wildman–Crippen LogP) is 4.27. The van der Waals surface area contributed by atoms with Crippen LogP contribution in [0.25, 0.3) is 0 Å². The van der Waals surface area contributed by atoms with Crippen LogP contribution in [0.3, 0.4) is 0 Å². The summed E-state index contributed by atoms with van der Waals surface area (Å²) in [5.41, 5.74) is 1.89. The zero-order valence-corrected chi connectivity index (χ0v) is 16.0. The summed E-state index contributed by atoms with van der Waals surface area (Å²) in [4.78, 5) is 2.80. The summed E-state index contributed by atoms with van der Waals surface area (Å²) in [6, 6.07) is 22.8. The molecule has 1 nitrogen and oxygen atoms in total. The first-order valence-electron chi connectivity index (χ1n) is 8.76. The van der Waals surface area contributed by atoms with E-state index in [1.807, 2.05) is 0 Å². The molecule has 0 aromatic heterocycles. The van der Waals surface area contributed by atoms with Gasteiger partial charge in [0, 0.05) is 0 Å². The first kappa shape index (κ1) is 16.8. The molecule has 122 valence electrons. The molecule has 0 bridgehead atoms. The van der Waals surface area contributed by atoms with Crippen LogP contribution in [0.15, 0.2) is 60.7 Å². The van der Waals surface area contributed by atoms with Crippen molar-refractivity contribution in [1.29, 1.82) is 0 Å². The van der Waals surface area contributed by atoms with Gasteiger partial charge in [-0.3, -0.25) is 0 Å². The predicted molar refractivity (Wildman–Crippen MR) is 100 cm³/mol. The molecule has 1 atom stereocenters. The summed E-state index contributed by atoms with van der Waals surface area (Å²) in [6.07, 6.45) is 3.91. The average molecular weight is 372 g/mol. The summed E-state index contributed by atoms with van der Waals surface area (Å²) in [6.45, 7) is 5.83. The van der Waals surface area contributed by atoms with E-state index >= 15 is 0 Å². The molecule has 2 aromatic rings. The van der Waals surface area contributed by atoms with Gasteiger partial charge in [0.2, 0.25) is 0 Å². The van der Waals surface area contributed by atoms with E-state index in [-0.39, 0.29) is 0 Å². The maximum absolute atomic E-state index is 2.80. The number of nitrogens with zero attached hydrogens (tertiary/aromatic N) is 1. The van der Waals surface area contributed by atoms with Crippen LogP contribution in [0, 0.1) is 0 Å². The average Bonchev–Trinajstić information content (AvgIpc) is 2.61. The van der Waals surface area contributed by atoms with Gasteiger partial charge in [-0.2, -0.15) is 0 Å². The quantitative estimate of drug-likeness (QED) is 0.656. The van der Waals surface area contributed by atoms with Crippen LogP contribution in [0.5, 0.6) is 0 Å². The Balaban J connectivity index is 1.67. The van der Waals surface area contributed by atoms with Crippen LogP contribution in [-0.2, 0) is 6.54 Å². The van der Waals surface area contributed by atoms with Crippen molar-refractivity contribution < 1.29 is 0 Å². The van der Waals surface area contributed by atoms with Crippen LogP contribution < -0.4 is 4.46 Å². The number of rotatable bonds is 7. The molecule has 2 heteroatoms. The topological polar surface area (TPSA) is 3.24 Å². The second-order valence-electron chi connectivity index (χ2n) is 6.53. The van der Waals surface area contributed by atoms with Crippen molar-refractivity contribution in [3.8, 4) is 0 Å². The van der Waals surface area contributed by atoms with Gasteiger partial charge in [0.1, 0.15) is 0 Å². The molecule has 2 aromatic carbocycles. The zero-order valence-electron chi connectivity index (χ0n) is 14.2. The van der Waals surface area contributed by atoms with E-state index in [0.29, 0.717) is 20.5 Å². The Morgan fingerprint density at radius 1 is 0.957 bits per heavy atom. The van der Waals surface area contributed by atoms with Crippen molar-refractivity contribution in [3.05, 3.63) is 66.2 Å². The van der Waals surface area contributed by atoms with Crippen LogP contribution >= 0.6 is 0 Å². The fourth-order valence-corrected chi connectivity index (χ4v) is 5.99. The van der Waals surface area contributed by atoms with E-state index in [1.54, 1.807) is 0 Å². The third kappa shape index (κ3) is 3.71. The van der Waals surface area contributed by atoms with Crippen molar-refractivity contribution in [2.45, 2.75) is 56.6 Å². The summed E-state index contributed by atoms with van der Waals surface area (Å²) in [7, 11) is 0. The summed E-state index contributed by atoms with van der Waals surface area (Å²) in [5, 5.41) is 1.34. The molecule has 1 heterocycles. The summed E-state index contributed by atoms with van der Waals surface area (Å²) < 4.78 is 1.53. The van der Waals surface area contributed by atoms with Crippen molar-refractivity contribution in [1.82, 2.24) is 4.90 Å². The van der Waals surface area contributed by atoms with Gasteiger partial charge in [-0.15, -0.1) is 0 Å². The van der Waals surface area contributed by atoms with Gasteiger partial charge in [0.15, 0.2) is 0 Å². The maximum atomic E-state index is 2.80. The Bertz CT molecular complexity index is 592. The molecule has 0 radical (unpaired) electrons. The van der Waals surface area contributed by atoms with E-state index in [9.17, 15) is 0 Å². The van der Waals surface area contributed by atoms with Crippen LogP contribution in [0.2, 0.25) is 5.32 Å². The Morgan fingerprint density at radius 2 is 1.57 bits per heavy atom. The van der Waals surface area contributed by atoms with Crippen LogP contribution in [0.1, 0.15) is 38.7 Å². The third-order valence-electron chi connectivity index (χ3n) is 5.36. The number of likely N-dealkylation sites (tertiary alicyclic amines) is 1. The van der Waals surface area contributed by atoms with Gasteiger partial charge in [-0.1, -0.05) is 0 Å². The molecule has 0 amide bonds. The molecular formula is C21H27NSe. The van der Waals surface area contributed by atoms with E-state index < -0.39 is 0 Å². The SMILES string of the molecule is CCC1(CC)CC(C[Se]c2ccccc2)N1Cc1ccccc1. The van der Waals surface area contributed by atoms with E-state index in [1.165, 1.54) is 34.6 Å². The molecule has 1 fully saturated rings. The molecule has 23 heavy (non-hydrogen) atoms. The molecule has 1 aliphatic heterocycles. The van der Waals surface area contributed by atoms with Gasteiger partial charge in [0.05, 0.1) is 0 Å². The molecule has 0 aliphatic carbocycles. The van der Waals surface area contributed by atoms with Gasteiger partial charge >= 0.3 is 147 Å². The van der Waals surface area contributed by atoms with Gasteiger partial charge in [-0.05, 0) is 0 Å². The van der Waals surface area contributed by atoms with Crippen molar-refractivity contribution >= 4 is 19.4 Å². The molecule has 3 rings (SSSR count). The minimum absolute atomic E-state index is 0.438. The number of hydrogen-bond donors (Lipinski definition) is 0. The van der Waals surface area contributed by atoms with Gasteiger partial charge < -0.3 is 0 Å². The van der Waals surface area contributed by atoms with Crippen LogP contribution in [0.4, 0.5) is 0 Å². The van der Waals surface area contributed by atoms with Gasteiger partial charge in [0.25, 0.3) is 0 Å². The Labute approximate surface area is 147 Å². The first-order valence-corrected chi connectivity index (χ1v) is 10.8. The summed E-state index contributed by atoms with van der Waals surface area (Å²) in [5.74, 6) is 0. The standard InChI is InChI=1S/C21H27NSe/c1-3-21(4-2)15-19(17-23-20-13-9-6-10-14-20)22(21)16-18-11-7-5-8-12-18/h5-14,19H,3-4,15-17H2,1-2H3. The normalized spacial score (nSPS) is 20.2. The first-order chi connectivity index (χ1) is 11.3. The summed E-state index contributed by atoms with van der Waals surface area (Å²) >= 11 is 0.592. The van der Waals surface area contributed by atoms with Crippen LogP contribution in [-0.4, -0.2) is 31.4 Å². The van der Waals surface area contributed by atoms with Crippen molar-refractivity contribution in [3.63, 3.8) is 0 Å². The fraction of sp³-hybridized carbons (Fsp3) is 0.429. The van der Waals surface area contributed by atoms with Gasteiger partial charge in [-0.25, -0.2) is 0 Å². The second-order valence-corrected chi connectivity index (χ2v) is 8.82. The number of benzene rings is 2. The molecular weight excluding hydrogens is 345 g/mol. The van der Waals surface area contributed by atoms with E-state index in [0.717, 1.165) is 12.6 Å². The molecule has 1 saturated heterocycles. The Hall–Kier alpha value is -1.08. The second kappa shape index (κ2) is 7.66. The Kier molecular flexibility index (Phi) is 5.58. The molecule has 0 spiro atoms. The number of hydrogen-bond acceptors (Lipinski definition) is 1. The van der Waals surface area contributed by atoms with Crippen molar-refractivity contribution in [2.75, 3.05) is 0 Å². The molecule has 1 aliphatic rings. The van der Waals surface area contributed by atoms with E-state index in [2.05, 4.69) is 79.4 Å². The van der Waals surface area contributed by atoms with E-state index in [4.69, 9.17) is 0 Å². The Morgan fingerprint density at radius 3 is 2.17 bits per heavy atom. The van der Waals surface area contributed by atoms with Crippen molar-refractivity contribution in [2.24, 2.45) is 0 Å². The zero-order chi connectivity index (χ0) is 16.1. The third-order valence-corrected chi connectivity index (χ3v) is 7.79. The fourth-order valence-electron chi connectivity index (χ4n) is 3.82. The minimum atomic E-state index is 0.438.